The van der Waals surface area contributed by atoms with E-state index >= 15 is 0 Å². The number of carbonyl (C=O) groups is 1. The third-order valence-electron chi connectivity index (χ3n) is 3.56. The number of hydrogen-bond acceptors (Lipinski definition) is 2. The van der Waals surface area contributed by atoms with Crippen LogP contribution in [0.25, 0.3) is 0 Å². The van der Waals surface area contributed by atoms with Crippen LogP contribution in [0.15, 0.2) is 10.5 Å². The second-order valence-electron chi connectivity index (χ2n) is 5.17. The van der Waals surface area contributed by atoms with Crippen LogP contribution in [0.3, 0.4) is 0 Å². The highest BCUT2D eigenvalue weighted by Gasteiger charge is 2.21. The summed E-state index contributed by atoms with van der Waals surface area (Å²) in [5, 5.41) is 3.26. The van der Waals surface area contributed by atoms with Gasteiger partial charge in [-0.2, -0.15) is 0 Å². The van der Waals surface area contributed by atoms with Gasteiger partial charge < -0.3 is 9.73 Å². The van der Waals surface area contributed by atoms with Crippen LogP contribution in [0.2, 0.25) is 0 Å². The first-order chi connectivity index (χ1) is 8.56. The number of amides is 1. The van der Waals surface area contributed by atoms with Crippen molar-refractivity contribution in [1.82, 2.24) is 5.32 Å². The quantitative estimate of drug-likeness (QED) is 0.855. The number of alkyl halides is 1. The molecular weight excluding hydrogens is 250 g/mol. The van der Waals surface area contributed by atoms with Gasteiger partial charge in [-0.25, -0.2) is 0 Å². The number of hydrogen-bond donors (Lipinski definition) is 1. The molecular formula is C14H20ClNO2. The summed E-state index contributed by atoms with van der Waals surface area (Å²) in [5.41, 5.74) is 0.644. The lowest BCUT2D eigenvalue weighted by Gasteiger charge is -2.25. The van der Waals surface area contributed by atoms with Gasteiger partial charge in [0.1, 0.15) is 11.5 Å². The van der Waals surface area contributed by atoms with E-state index in [1.807, 2.05) is 13.8 Å². The zero-order valence-electron chi connectivity index (χ0n) is 11.0. The summed E-state index contributed by atoms with van der Waals surface area (Å²) in [6.45, 7) is 4.38. The molecule has 18 heavy (non-hydrogen) atoms. The fraction of sp³-hybridized carbons (Fsp3) is 0.643. The van der Waals surface area contributed by atoms with Gasteiger partial charge in [0, 0.05) is 11.9 Å². The molecule has 2 rings (SSSR count). The van der Waals surface area contributed by atoms with Gasteiger partial charge in [0.25, 0.3) is 5.91 Å². The number of halogens is 1. The first kappa shape index (κ1) is 13.5. The fourth-order valence-electron chi connectivity index (χ4n) is 2.60. The molecule has 0 bridgehead atoms. The van der Waals surface area contributed by atoms with Crippen LogP contribution in [-0.4, -0.2) is 17.8 Å². The molecule has 0 saturated heterocycles. The van der Waals surface area contributed by atoms with Gasteiger partial charge in [-0.05, 0) is 45.1 Å². The van der Waals surface area contributed by atoms with Crippen LogP contribution >= 0.6 is 11.6 Å². The van der Waals surface area contributed by atoms with Gasteiger partial charge >= 0.3 is 0 Å². The van der Waals surface area contributed by atoms with Gasteiger partial charge in [-0.15, -0.1) is 11.6 Å². The average Bonchev–Trinajstić information content (AvgIpc) is 2.66. The number of nitrogens with one attached hydrogen (secondary N) is 1. The number of furan rings is 1. The molecule has 1 aliphatic carbocycles. The van der Waals surface area contributed by atoms with Crippen LogP contribution in [0.1, 0.15) is 47.6 Å². The highest BCUT2D eigenvalue weighted by Crippen LogP contribution is 2.27. The lowest BCUT2D eigenvalue weighted by molar-refractivity contribution is 0.0942. The highest BCUT2D eigenvalue weighted by molar-refractivity contribution is 6.20. The Balaban J connectivity index is 1.86. The van der Waals surface area contributed by atoms with Crippen molar-refractivity contribution in [1.29, 1.82) is 0 Å². The zero-order chi connectivity index (χ0) is 13.1. The van der Waals surface area contributed by atoms with Crippen LogP contribution in [0, 0.1) is 19.8 Å². The minimum absolute atomic E-state index is 0.0407. The third-order valence-corrected chi connectivity index (χ3v) is 3.95. The average molecular weight is 270 g/mol. The van der Waals surface area contributed by atoms with Crippen molar-refractivity contribution in [3.8, 4) is 0 Å². The summed E-state index contributed by atoms with van der Waals surface area (Å²) >= 11 is 6.14. The summed E-state index contributed by atoms with van der Waals surface area (Å²) in [4.78, 5) is 12.0. The van der Waals surface area contributed by atoms with E-state index in [0.717, 1.165) is 25.0 Å². The lowest BCUT2D eigenvalue weighted by Crippen LogP contribution is -2.32. The summed E-state index contributed by atoms with van der Waals surface area (Å²) in [6.07, 6.45) is 4.43. The van der Waals surface area contributed by atoms with Crippen molar-refractivity contribution in [2.24, 2.45) is 5.92 Å². The summed E-state index contributed by atoms with van der Waals surface area (Å²) in [5.74, 6) is 1.93. The SMILES string of the molecule is Cc1cc(C(=O)NCC2CCCC(Cl)C2)c(C)o1. The minimum atomic E-state index is -0.0407. The van der Waals surface area contributed by atoms with E-state index in [2.05, 4.69) is 5.32 Å². The molecule has 1 aliphatic rings. The third kappa shape index (κ3) is 3.29. The van der Waals surface area contributed by atoms with Crippen molar-refractivity contribution in [3.05, 3.63) is 23.2 Å². The zero-order valence-corrected chi connectivity index (χ0v) is 11.7. The Labute approximate surface area is 113 Å². The van der Waals surface area contributed by atoms with Crippen molar-refractivity contribution >= 4 is 17.5 Å². The molecule has 0 aliphatic heterocycles. The molecule has 0 radical (unpaired) electrons. The van der Waals surface area contributed by atoms with Crippen molar-refractivity contribution in [2.45, 2.75) is 44.9 Å². The van der Waals surface area contributed by atoms with E-state index in [1.165, 1.54) is 6.42 Å². The van der Waals surface area contributed by atoms with E-state index in [4.69, 9.17) is 16.0 Å². The van der Waals surface area contributed by atoms with Crippen LogP contribution < -0.4 is 5.32 Å². The fourth-order valence-corrected chi connectivity index (χ4v) is 3.01. The Hall–Kier alpha value is -0.960. The molecule has 2 atom stereocenters. The van der Waals surface area contributed by atoms with Gasteiger partial charge in [0.2, 0.25) is 0 Å². The normalized spacial score (nSPS) is 23.9. The monoisotopic (exact) mass is 269 g/mol. The molecule has 1 aromatic heterocycles. The molecule has 1 heterocycles. The van der Waals surface area contributed by atoms with Crippen LogP contribution in [-0.2, 0) is 0 Å². The molecule has 100 valence electrons. The van der Waals surface area contributed by atoms with Gasteiger partial charge in [-0.1, -0.05) is 6.42 Å². The molecule has 1 N–H and O–H groups in total. The van der Waals surface area contributed by atoms with Crippen LogP contribution in [0.5, 0.6) is 0 Å². The van der Waals surface area contributed by atoms with E-state index in [1.54, 1.807) is 6.07 Å². The first-order valence-corrected chi connectivity index (χ1v) is 6.99. The smallest absolute Gasteiger partial charge is 0.254 e. The van der Waals surface area contributed by atoms with Gasteiger partial charge in [0.05, 0.1) is 5.56 Å². The standard InChI is InChI=1S/C14H20ClNO2/c1-9-6-13(10(2)18-9)14(17)16-8-11-4-3-5-12(15)7-11/h6,11-12H,3-5,7-8H2,1-2H3,(H,16,17). The maximum atomic E-state index is 12.0. The summed E-state index contributed by atoms with van der Waals surface area (Å²) in [6, 6.07) is 1.79. The molecule has 1 aromatic rings. The van der Waals surface area contributed by atoms with E-state index in [0.29, 0.717) is 23.8 Å². The maximum absolute atomic E-state index is 12.0. The summed E-state index contributed by atoms with van der Waals surface area (Å²) in [7, 11) is 0. The van der Waals surface area contributed by atoms with E-state index < -0.39 is 0 Å². The molecule has 0 spiro atoms. The molecule has 0 aromatic carbocycles. The number of aryl methyl sites for hydroxylation is 2. The second-order valence-corrected chi connectivity index (χ2v) is 5.78. The molecule has 4 heteroatoms. The maximum Gasteiger partial charge on any atom is 0.254 e. The second kappa shape index (κ2) is 5.79. The first-order valence-electron chi connectivity index (χ1n) is 6.55. The minimum Gasteiger partial charge on any atom is -0.466 e. The van der Waals surface area contributed by atoms with Crippen molar-refractivity contribution < 1.29 is 9.21 Å². The molecule has 1 amide bonds. The Morgan fingerprint density at radius 3 is 2.89 bits per heavy atom. The molecule has 1 fully saturated rings. The van der Waals surface area contributed by atoms with Gasteiger partial charge in [0.15, 0.2) is 0 Å². The highest BCUT2D eigenvalue weighted by atomic mass is 35.5. The van der Waals surface area contributed by atoms with Crippen molar-refractivity contribution in [2.75, 3.05) is 6.54 Å². The molecule has 1 saturated carbocycles. The summed E-state index contributed by atoms with van der Waals surface area (Å²) < 4.78 is 5.36. The predicted molar refractivity (Wildman–Crippen MR) is 72.1 cm³/mol. The van der Waals surface area contributed by atoms with Crippen LogP contribution in [0.4, 0.5) is 0 Å². The Morgan fingerprint density at radius 1 is 1.50 bits per heavy atom. The molecule has 3 nitrogen and oxygen atoms in total. The lowest BCUT2D eigenvalue weighted by atomic mass is 9.89. The topological polar surface area (TPSA) is 42.2 Å². The Morgan fingerprint density at radius 2 is 2.28 bits per heavy atom. The number of rotatable bonds is 3. The van der Waals surface area contributed by atoms with Crippen molar-refractivity contribution in [3.63, 3.8) is 0 Å². The Bertz CT molecular complexity index is 427. The molecule has 2 unspecified atom stereocenters. The van der Waals surface area contributed by atoms with Gasteiger partial charge in [-0.3, -0.25) is 4.79 Å². The number of carbonyl (C=O) groups excluding carboxylic acids is 1. The van der Waals surface area contributed by atoms with E-state index in [-0.39, 0.29) is 11.3 Å². The Kier molecular flexibility index (Phi) is 4.33. The largest absolute Gasteiger partial charge is 0.466 e. The van der Waals surface area contributed by atoms with E-state index in [9.17, 15) is 4.79 Å². The predicted octanol–water partition coefficient (Wildman–Crippen LogP) is 3.42.